The molecule has 0 atom stereocenters. The topological polar surface area (TPSA) is 71.7 Å². The molecule has 0 saturated heterocycles. The normalized spacial score (nSPS) is 11.5. The molecule has 5 nitrogen and oxygen atoms in total. The summed E-state index contributed by atoms with van der Waals surface area (Å²) in [4.78, 5) is 4.37. The Labute approximate surface area is 108 Å². The minimum Gasteiger partial charge on any atom is -0.497 e. The molecule has 0 fully saturated rings. The largest absolute Gasteiger partial charge is 0.497 e. The molecule has 1 aromatic rings. The Hall–Kier alpha value is -1.75. The van der Waals surface area contributed by atoms with Gasteiger partial charge < -0.3 is 10.1 Å². The van der Waals surface area contributed by atoms with Crippen molar-refractivity contribution in [3.63, 3.8) is 0 Å². The number of methoxy groups -OCH3 is 1. The number of benzene rings is 1. The molecule has 0 aliphatic rings. The Morgan fingerprint density at radius 2 is 2.00 bits per heavy atom. The highest BCUT2D eigenvalue weighted by Gasteiger charge is 1.98. The summed E-state index contributed by atoms with van der Waals surface area (Å²) in [5.41, 5.74) is 3.67. The lowest BCUT2D eigenvalue weighted by atomic mass is 10.2. The van der Waals surface area contributed by atoms with Gasteiger partial charge in [-0.2, -0.15) is 0 Å². The predicted octanol–water partition coefficient (Wildman–Crippen LogP) is 1.26. The fourth-order valence-corrected chi connectivity index (χ4v) is 1.35. The first kappa shape index (κ1) is 14.3. The van der Waals surface area contributed by atoms with Gasteiger partial charge in [-0.3, -0.25) is 5.43 Å². The SMILES string of the molecule is COc1ccc(CN=C(NN)NCC(C)C)cc1. The third-order valence-electron chi connectivity index (χ3n) is 2.39. The monoisotopic (exact) mass is 250 g/mol. The van der Waals surface area contributed by atoms with Crippen LogP contribution in [0.4, 0.5) is 0 Å². The molecule has 0 radical (unpaired) electrons. The predicted molar refractivity (Wildman–Crippen MR) is 74.3 cm³/mol. The molecule has 0 heterocycles. The lowest BCUT2D eigenvalue weighted by Gasteiger charge is -2.11. The molecule has 0 aromatic heterocycles. The molecule has 0 aliphatic heterocycles. The molecular weight excluding hydrogens is 228 g/mol. The molecule has 4 N–H and O–H groups in total. The van der Waals surface area contributed by atoms with Crippen molar-refractivity contribution in [3.8, 4) is 5.75 Å². The average molecular weight is 250 g/mol. The average Bonchev–Trinajstić information content (AvgIpc) is 2.39. The van der Waals surface area contributed by atoms with E-state index in [0.717, 1.165) is 17.9 Å². The highest BCUT2D eigenvalue weighted by molar-refractivity contribution is 5.79. The van der Waals surface area contributed by atoms with Crippen molar-refractivity contribution in [3.05, 3.63) is 29.8 Å². The van der Waals surface area contributed by atoms with E-state index in [2.05, 4.69) is 29.6 Å². The first-order valence-corrected chi connectivity index (χ1v) is 6.03. The van der Waals surface area contributed by atoms with E-state index >= 15 is 0 Å². The van der Waals surface area contributed by atoms with E-state index in [0.29, 0.717) is 18.4 Å². The van der Waals surface area contributed by atoms with Crippen LogP contribution in [0.5, 0.6) is 5.75 Å². The molecule has 0 saturated carbocycles. The number of aliphatic imine (C=N–C) groups is 1. The lowest BCUT2D eigenvalue weighted by molar-refractivity contribution is 0.414. The van der Waals surface area contributed by atoms with Gasteiger partial charge in [0.15, 0.2) is 0 Å². The summed E-state index contributed by atoms with van der Waals surface area (Å²) in [6.45, 7) is 5.68. The van der Waals surface area contributed by atoms with E-state index in [4.69, 9.17) is 10.6 Å². The number of nitrogens with two attached hydrogens (primary N) is 1. The first-order valence-electron chi connectivity index (χ1n) is 6.03. The maximum atomic E-state index is 5.41. The van der Waals surface area contributed by atoms with Gasteiger partial charge in [0, 0.05) is 6.54 Å². The van der Waals surface area contributed by atoms with Crippen molar-refractivity contribution in [2.45, 2.75) is 20.4 Å². The summed E-state index contributed by atoms with van der Waals surface area (Å²) in [6, 6.07) is 7.81. The molecule has 0 amide bonds. The molecule has 0 bridgehead atoms. The molecule has 1 aromatic carbocycles. The van der Waals surface area contributed by atoms with Gasteiger partial charge in [-0.25, -0.2) is 10.8 Å². The molecule has 0 unspecified atom stereocenters. The number of hydrogen-bond acceptors (Lipinski definition) is 3. The van der Waals surface area contributed by atoms with Gasteiger partial charge in [0.05, 0.1) is 13.7 Å². The Morgan fingerprint density at radius 3 is 2.50 bits per heavy atom. The fraction of sp³-hybridized carbons (Fsp3) is 0.462. The van der Waals surface area contributed by atoms with E-state index in [1.54, 1.807) is 7.11 Å². The maximum Gasteiger partial charge on any atom is 0.206 e. The van der Waals surface area contributed by atoms with E-state index in [-0.39, 0.29) is 0 Å². The number of ether oxygens (including phenoxy) is 1. The zero-order valence-corrected chi connectivity index (χ0v) is 11.2. The van der Waals surface area contributed by atoms with Crippen molar-refractivity contribution in [2.24, 2.45) is 16.8 Å². The summed E-state index contributed by atoms with van der Waals surface area (Å²) in [5, 5.41) is 3.15. The standard InChI is InChI=1S/C13H22N4O/c1-10(2)8-15-13(17-14)16-9-11-4-6-12(18-3)7-5-11/h4-7,10H,8-9,14H2,1-3H3,(H2,15,16,17). The highest BCUT2D eigenvalue weighted by atomic mass is 16.5. The van der Waals surface area contributed by atoms with E-state index < -0.39 is 0 Å². The second-order valence-electron chi connectivity index (χ2n) is 4.43. The first-order chi connectivity index (χ1) is 8.65. The molecule has 1 rings (SSSR count). The minimum atomic E-state index is 0.546. The zero-order chi connectivity index (χ0) is 13.4. The number of nitrogens with one attached hydrogen (secondary N) is 2. The van der Waals surface area contributed by atoms with Gasteiger partial charge in [0.2, 0.25) is 5.96 Å². The van der Waals surface area contributed by atoms with Gasteiger partial charge in [0.1, 0.15) is 5.75 Å². The van der Waals surface area contributed by atoms with E-state index in [9.17, 15) is 0 Å². The quantitative estimate of drug-likeness (QED) is 0.318. The van der Waals surface area contributed by atoms with Crippen LogP contribution in [0.15, 0.2) is 29.3 Å². The lowest BCUT2D eigenvalue weighted by Crippen LogP contribution is -2.42. The van der Waals surface area contributed by atoms with Crippen LogP contribution in [0.2, 0.25) is 0 Å². The molecule has 0 spiro atoms. The van der Waals surface area contributed by atoms with Crippen LogP contribution in [0.3, 0.4) is 0 Å². The van der Waals surface area contributed by atoms with Gasteiger partial charge >= 0.3 is 0 Å². The van der Waals surface area contributed by atoms with Crippen LogP contribution in [-0.4, -0.2) is 19.6 Å². The smallest absolute Gasteiger partial charge is 0.206 e. The van der Waals surface area contributed by atoms with Crippen molar-refractivity contribution >= 4 is 5.96 Å². The number of hydrazine groups is 1. The maximum absolute atomic E-state index is 5.41. The van der Waals surface area contributed by atoms with Gasteiger partial charge in [0.25, 0.3) is 0 Å². The molecular formula is C13H22N4O. The van der Waals surface area contributed by atoms with Crippen LogP contribution >= 0.6 is 0 Å². The Balaban J connectivity index is 2.53. The summed E-state index contributed by atoms with van der Waals surface area (Å²) in [7, 11) is 1.65. The fourth-order valence-electron chi connectivity index (χ4n) is 1.35. The van der Waals surface area contributed by atoms with Crippen LogP contribution in [-0.2, 0) is 6.54 Å². The number of nitrogens with zero attached hydrogens (tertiary/aromatic N) is 1. The van der Waals surface area contributed by atoms with Crippen molar-refractivity contribution in [1.29, 1.82) is 0 Å². The van der Waals surface area contributed by atoms with Crippen molar-refractivity contribution < 1.29 is 4.74 Å². The Kier molecular flexibility index (Phi) is 6.00. The molecule has 5 heteroatoms. The summed E-state index contributed by atoms with van der Waals surface area (Å²) >= 11 is 0. The van der Waals surface area contributed by atoms with Crippen LogP contribution in [0.1, 0.15) is 19.4 Å². The Bertz CT molecular complexity index is 373. The third kappa shape index (κ3) is 5.05. The second kappa shape index (κ2) is 7.55. The summed E-state index contributed by atoms with van der Waals surface area (Å²) < 4.78 is 5.10. The zero-order valence-electron chi connectivity index (χ0n) is 11.2. The minimum absolute atomic E-state index is 0.546. The Morgan fingerprint density at radius 1 is 1.33 bits per heavy atom. The van der Waals surface area contributed by atoms with Crippen LogP contribution in [0, 0.1) is 5.92 Å². The van der Waals surface area contributed by atoms with Crippen molar-refractivity contribution in [2.75, 3.05) is 13.7 Å². The molecule has 100 valence electrons. The highest BCUT2D eigenvalue weighted by Crippen LogP contribution is 2.11. The van der Waals surface area contributed by atoms with Crippen molar-refractivity contribution in [1.82, 2.24) is 10.7 Å². The second-order valence-corrected chi connectivity index (χ2v) is 4.43. The summed E-state index contributed by atoms with van der Waals surface area (Å²) in [6.07, 6.45) is 0. The van der Waals surface area contributed by atoms with Gasteiger partial charge in [-0.05, 0) is 23.6 Å². The number of guanidine groups is 1. The van der Waals surface area contributed by atoms with Gasteiger partial charge in [-0.15, -0.1) is 0 Å². The number of rotatable bonds is 5. The number of hydrogen-bond donors (Lipinski definition) is 3. The third-order valence-corrected chi connectivity index (χ3v) is 2.39. The summed E-state index contributed by atoms with van der Waals surface area (Å²) in [5.74, 6) is 7.41. The van der Waals surface area contributed by atoms with E-state index in [1.165, 1.54) is 0 Å². The molecule has 0 aliphatic carbocycles. The molecule has 18 heavy (non-hydrogen) atoms. The van der Waals surface area contributed by atoms with E-state index in [1.807, 2.05) is 24.3 Å². The van der Waals surface area contributed by atoms with Gasteiger partial charge in [-0.1, -0.05) is 26.0 Å². The van der Waals surface area contributed by atoms with Crippen LogP contribution < -0.4 is 21.3 Å². The van der Waals surface area contributed by atoms with Crippen LogP contribution in [0.25, 0.3) is 0 Å².